The number of hydrogen-bond acceptors (Lipinski definition) is 4. The second kappa shape index (κ2) is 5.22. The lowest BCUT2D eigenvalue weighted by Gasteiger charge is -2.32. The van der Waals surface area contributed by atoms with Gasteiger partial charge in [-0.3, -0.25) is 0 Å². The number of hydrogen-bond donors (Lipinski definition) is 1. The molecule has 2 saturated heterocycles. The largest absolute Gasteiger partial charge is 0.314 e. The fourth-order valence-corrected chi connectivity index (χ4v) is 4.98. The van der Waals surface area contributed by atoms with Gasteiger partial charge in [0.25, 0.3) is 10.2 Å². The van der Waals surface area contributed by atoms with Gasteiger partial charge in [0.05, 0.1) is 0 Å². The predicted octanol–water partition coefficient (Wildman–Crippen LogP) is -0.426. The maximum atomic E-state index is 12.3. The lowest BCUT2D eigenvalue weighted by atomic mass is 10.3. The second-order valence-corrected chi connectivity index (χ2v) is 7.33. The molecular formula is C9H19N3O2S2. The van der Waals surface area contributed by atoms with Crippen LogP contribution < -0.4 is 5.32 Å². The summed E-state index contributed by atoms with van der Waals surface area (Å²) in [5.41, 5.74) is 0. The Labute approximate surface area is 102 Å². The molecule has 0 bridgehead atoms. The molecule has 0 aliphatic carbocycles. The Bertz CT molecular complexity index is 322. The summed E-state index contributed by atoms with van der Waals surface area (Å²) in [6.45, 7) is 2.69. The smallest absolute Gasteiger partial charge is 0.282 e. The molecular weight excluding hydrogens is 246 g/mol. The minimum atomic E-state index is -3.23. The van der Waals surface area contributed by atoms with Gasteiger partial charge in [-0.1, -0.05) is 0 Å². The molecule has 2 heterocycles. The Morgan fingerprint density at radius 3 is 2.62 bits per heavy atom. The molecule has 0 amide bonds. The molecule has 1 N–H and O–H groups in total. The normalized spacial score (nSPS) is 28.8. The van der Waals surface area contributed by atoms with Crippen LogP contribution >= 0.6 is 11.8 Å². The Balaban J connectivity index is 2.04. The molecule has 1 unspecified atom stereocenters. The van der Waals surface area contributed by atoms with E-state index < -0.39 is 10.2 Å². The van der Waals surface area contributed by atoms with E-state index in [0.29, 0.717) is 13.1 Å². The fraction of sp³-hybridized carbons (Fsp3) is 1.00. The van der Waals surface area contributed by atoms with Gasteiger partial charge in [0.15, 0.2) is 0 Å². The van der Waals surface area contributed by atoms with Gasteiger partial charge in [-0.05, 0) is 12.2 Å². The Morgan fingerprint density at radius 1 is 1.38 bits per heavy atom. The SMILES string of the molecule is CN(C1CCSC1)S(=O)(=O)N1CCNCC1. The van der Waals surface area contributed by atoms with E-state index in [0.717, 1.165) is 31.0 Å². The number of nitrogens with one attached hydrogen (secondary N) is 1. The van der Waals surface area contributed by atoms with Crippen LogP contribution in [0, 0.1) is 0 Å². The van der Waals surface area contributed by atoms with Crippen LogP contribution in [-0.4, -0.2) is 67.8 Å². The van der Waals surface area contributed by atoms with Crippen LogP contribution in [0.1, 0.15) is 6.42 Å². The van der Waals surface area contributed by atoms with Crippen molar-refractivity contribution in [2.45, 2.75) is 12.5 Å². The van der Waals surface area contributed by atoms with Crippen molar-refractivity contribution in [3.63, 3.8) is 0 Å². The van der Waals surface area contributed by atoms with Crippen LogP contribution in [0.15, 0.2) is 0 Å². The molecule has 2 fully saturated rings. The Hall–Kier alpha value is 0.180. The molecule has 0 aromatic rings. The van der Waals surface area contributed by atoms with Gasteiger partial charge in [0.2, 0.25) is 0 Å². The first kappa shape index (κ1) is 12.6. The van der Waals surface area contributed by atoms with Crippen molar-refractivity contribution in [2.24, 2.45) is 0 Å². The number of piperazine rings is 1. The van der Waals surface area contributed by atoms with Gasteiger partial charge in [0, 0.05) is 45.0 Å². The highest BCUT2D eigenvalue weighted by Gasteiger charge is 2.33. The van der Waals surface area contributed by atoms with Crippen molar-refractivity contribution < 1.29 is 8.42 Å². The average Bonchev–Trinajstić information content (AvgIpc) is 2.82. The number of nitrogens with zero attached hydrogens (tertiary/aromatic N) is 2. The summed E-state index contributed by atoms with van der Waals surface area (Å²) in [7, 11) is -1.52. The molecule has 7 heteroatoms. The summed E-state index contributed by atoms with van der Waals surface area (Å²) in [6.07, 6.45) is 0.979. The van der Waals surface area contributed by atoms with Crippen LogP contribution in [0.25, 0.3) is 0 Å². The summed E-state index contributed by atoms with van der Waals surface area (Å²) in [6, 6.07) is 0.185. The van der Waals surface area contributed by atoms with Crippen LogP contribution in [0.2, 0.25) is 0 Å². The van der Waals surface area contributed by atoms with Gasteiger partial charge >= 0.3 is 0 Å². The predicted molar refractivity (Wildman–Crippen MR) is 66.9 cm³/mol. The van der Waals surface area contributed by atoms with E-state index in [1.807, 2.05) is 11.8 Å². The van der Waals surface area contributed by atoms with Crippen molar-refractivity contribution in [2.75, 3.05) is 44.7 Å². The lowest BCUT2D eigenvalue weighted by Crippen LogP contribution is -2.53. The molecule has 2 aliphatic heterocycles. The summed E-state index contributed by atoms with van der Waals surface area (Å²) in [5, 5.41) is 3.17. The maximum Gasteiger partial charge on any atom is 0.282 e. The standard InChI is InChI=1S/C9H19N3O2S2/c1-11(9-2-7-15-8-9)16(13,14)12-5-3-10-4-6-12/h9-10H,2-8H2,1H3. The first-order chi connectivity index (χ1) is 7.62. The van der Waals surface area contributed by atoms with Crippen LogP contribution in [0.4, 0.5) is 0 Å². The van der Waals surface area contributed by atoms with Crippen LogP contribution in [0.3, 0.4) is 0 Å². The Morgan fingerprint density at radius 2 is 2.06 bits per heavy atom. The third-order valence-corrected chi connectivity index (χ3v) is 6.37. The highest BCUT2D eigenvalue weighted by Crippen LogP contribution is 2.24. The Kier molecular flexibility index (Phi) is 4.12. The zero-order chi connectivity index (χ0) is 11.6. The molecule has 1 atom stereocenters. The molecule has 0 spiro atoms. The molecule has 5 nitrogen and oxygen atoms in total. The van der Waals surface area contributed by atoms with Gasteiger partial charge in [-0.15, -0.1) is 0 Å². The quantitative estimate of drug-likeness (QED) is 0.753. The van der Waals surface area contributed by atoms with Crippen LogP contribution in [0.5, 0.6) is 0 Å². The summed E-state index contributed by atoms with van der Waals surface area (Å²) in [5.74, 6) is 2.01. The number of rotatable bonds is 3. The molecule has 16 heavy (non-hydrogen) atoms. The molecule has 0 radical (unpaired) electrons. The van der Waals surface area contributed by atoms with Crippen LogP contribution in [-0.2, 0) is 10.2 Å². The topological polar surface area (TPSA) is 52.7 Å². The molecule has 94 valence electrons. The highest BCUT2D eigenvalue weighted by molar-refractivity contribution is 7.99. The second-order valence-electron chi connectivity index (χ2n) is 4.19. The van der Waals surface area contributed by atoms with Crippen molar-refractivity contribution in [3.05, 3.63) is 0 Å². The van der Waals surface area contributed by atoms with Crippen molar-refractivity contribution in [1.82, 2.24) is 13.9 Å². The zero-order valence-electron chi connectivity index (χ0n) is 9.55. The number of thioether (sulfide) groups is 1. The average molecular weight is 265 g/mol. The molecule has 0 saturated carbocycles. The summed E-state index contributed by atoms with van der Waals surface area (Å²) >= 11 is 1.84. The molecule has 2 aliphatic rings. The maximum absolute atomic E-state index is 12.3. The van der Waals surface area contributed by atoms with E-state index in [2.05, 4.69) is 5.32 Å². The molecule has 2 rings (SSSR count). The van der Waals surface area contributed by atoms with E-state index in [4.69, 9.17) is 0 Å². The van der Waals surface area contributed by atoms with E-state index >= 15 is 0 Å². The minimum absolute atomic E-state index is 0.185. The monoisotopic (exact) mass is 265 g/mol. The summed E-state index contributed by atoms with van der Waals surface area (Å²) in [4.78, 5) is 0. The van der Waals surface area contributed by atoms with E-state index in [9.17, 15) is 8.42 Å². The van der Waals surface area contributed by atoms with Gasteiger partial charge < -0.3 is 5.32 Å². The van der Waals surface area contributed by atoms with Crippen molar-refractivity contribution >= 4 is 22.0 Å². The van der Waals surface area contributed by atoms with Gasteiger partial charge in [-0.2, -0.15) is 28.8 Å². The molecule has 0 aromatic heterocycles. The zero-order valence-corrected chi connectivity index (χ0v) is 11.2. The van der Waals surface area contributed by atoms with Crippen molar-refractivity contribution in [3.8, 4) is 0 Å². The minimum Gasteiger partial charge on any atom is -0.314 e. The lowest BCUT2D eigenvalue weighted by molar-refractivity contribution is 0.306. The fourth-order valence-electron chi connectivity index (χ4n) is 2.05. The van der Waals surface area contributed by atoms with E-state index in [-0.39, 0.29) is 6.04 Å². The van der Waals surface area contributed by atoms with E-state index in [1.54, 1.807) is 15.7 Å². The highest BCUT2D eigenvalue weighted by atomic mass is 32.2. The first-order valence-corrected chi connectivity index (χ1v) is 8.19. The molecule has 0 aromatic carbocycles. The third-order valence-electron chi connectivity index (χ3n) is 3.19. The third kappa shape index (κ3) is 2.53. The van der Waals surface area contributed by atoms with Gasteiger partial charge in [0.1, 0.15) is 0 Å². The first-order valence-electron chi connectivity index (χ1n) is 5.64. The van der Waals surface area contributed by atoms with Gasteiger partial charge in [-0.25, -0.2) is 0 Å². The van der Waals surface area contributed by atoms with E-state index in [1.165, 1.54) is 0 Å². The summed E-state index contributed by atoms with van der Waals surface area (Å²) < 4.78 is 27.7. The van der Waals surface area contributed by atoms with Crippen molar-refractivity contribution in [1.29, 1.82) is 0 Å².